The summed E-state index contributed by atoms with van der Waals surface area (Å²) in [6, 6.07) is 9.15. The van der Waals surface area contributed by atoms with Crippen LogP contribution >= 0.6 is 11.6 Å². The monoisotopic (exact) mass is 395 g/mol. The van der Waals surface area contributed by atoms with Crippen molar-refractivity contribution < 1.29 is 22.9 Å². The first-order chi connectivity index (χ1) is 12.6. The topological polar surface area (TPSA) is 96.0 Å². The van der Waals surface area contributed by atoms with Crippen molar-refractivity contribution in [3.8, 4) is 6.07 Å². The van der Waals surface area contributed by atoms with E-state index in [1.54, 1.807) is 6.07 Å². The summed E-state index contributed by atoms with van der Waals surface area (Å²) in [5.74, 6) is -0.938. The molecule has 0 aromatic heterocycles. The van der Waals surface area contributed by atoms with Gasteiger partial charge in [-0.1, -0.05) is 23.7 Å². The van der Waals surface area contributed by atoms with Gasteiger partial charge in [0.1, 0.15) is 16.7 Å². The predicted molar refractivity (Wildman–Crippen MR) is 91.8 cm³/mol. The number of amides is 1. The third kappa shape index (κ3) is 5.05. The van der Waals surface area contributed by atoms with Crippen LogP contribution in [0, 0.1) is 21.4 Å². The highest BCUT2D eigenvalue weighted by atomic mass is 35.5. The maximum absolute atomic E-state index is 12.7. The van der Waals surface area contributed by atoms with E-state index in [0.29, 0.717) is 0 Å². The van der Waals surface area contributed by atoms with Crippen LogP contribution in [-0.2, 0) is 11.0 Å². The molecule has 0 saturated carbocycles. The van der Waals surface area contributed by atoms with Gasteiger partial charge in [0, 0.05) is 11.8 Å². The Balaban J connectivity index is 2.29. The Labute approximate surface area is 155 Å². The number of nitro groups is 1. The third-order valence-electron chi connectivity index (χ3n) is 3.29. The lowest BCUT2D eigenvalue weighted by Gasteiger charge is -2.07. The third-order valence-corrected chi connectivity index (χ3v) is 3.61. The SMILES string of the molecule is N#C/C(=C\c1cccc(C(F)(F)F)c1)C(=O)Nc1ccc(Cl)c([N+](=O)[O-])c1. The first-order valence-corrected chi connectivity index (χ1v) is 7.54. The summed E-state index contributed by atoms with van der Waals surface area (Å²) in [6.07, 6.45) is -3.59. The van der Waals surface area contributed by atoms with Gasteiger partial charge in [0.25, 0.3) is 11.6 Å². The number of alkyl halides is 3. The molecule has 0 heterocycles. The molecular weight excluding hydrogens is 387 g/mol. The fourth-order valence-corrected chi connectivity index (χ4v) is 2.24. The molecule has 0 atom stereocenters. The van der Waals surface area contributed by atoms with Gasteiger partial charge in [0.15, 0.2) is 0 Å². The summed E-state index contributed by atoms with van der Waals surface area (Å²) in [5.41, 5.74) is -1.86. The zero-order valence-electron chi connectivity index (χ0n) is 13.2. The van der Waals surface area contributed by atoms with Crippen molar-refractivity contribution in [3.63, 3.8) is 0 Å². The highest BCUT2D eigenvalue weighted by molar-refractivity contribution is 6.32. The molecule has 27 heavy (non-hydrogen) atoms. The van der Waals surface area contributed by atoms with Crippen LogP contribution in [0.2, 0.25) is 5.02 Å². The number of nitro benzene ring substituents is 1. The van der Waals surface area contributed by atoms with Gasteiger partial charge >= 0.3 is 6.18 Å². The second kappa shape index (κ2) is 7.88. The number of carbonyl (C=O) groups is 1. The standard InChI is InChI=1S/C17H9ClF3N3O3/c18-14-5-4-13(8-15(14)24(26)27)23-16(25)11(9-22)6-10-2-1-3-12(7-10)17(19,20)21/h1-8H,(H,23,25)/b11-6+. The zero-order valence-corrected chi connectivity index (χ0v) is 14.0. The number of halogens is 4. The molecule has 0 aliphatic rings. The number of carbonyl (C=O) groups excluding carboxylic acids is 1. The van der Waals surface area contributed by atoms with Gasteiger partial charge in [-0.05, 0) is 35.9 Å². The van der Waals surface area contributed by atoms with Gasteiger partial charge in [0.2, 0.25) is 0 Å². The molecule has 0 bridgehead atoms. The molecule has 1 amide bonds. The van der Waals surface area contributed by atoms with E-state index in [1.807, 2.05) is 0 Å². The predicted octanol–water partition coefficient (Wildman–Crippen LogP) is 4.81. The number of nitrogens with zero attached hydrogens (tertiary/aromatic N) is 2. The Bertz CT molecular complexity index is 981. The number of nitriles is 1. The van der Waals surface area contributed by atoms with Crippen molar-refractivity contribution in [2.45, 2.75) is 6.18 Å². The van der Waals surface area contributed by atoms with Gasteiger partial charge in [-0.25, -0.2) is 0 Å². The lowest BCUT2D eigenvalue weighted by atomic mass is 10.1. The number of nitrogens with one attached hydrogen (secondary N) is 1. The Kier molecular flexibility index (Phi) is 5.82. The molecule has 2 aromatic carbocycles. The molecule has 6 nitrogen and oxygen atoms in total. The van der Waals surface area contributed by atoms with Crippen LogP contribution in [0.1, 0.15) is 11.1 Å². The second-order valence-electron chi connectivity index (χ2n) is 5.17. The van der Waals surface area contributed by atoms with Crippen molar-refractivity contribution in [1.29, 1.82) is 5.26 Å². The molecule has 0 radical (unpaired) electrons. The molecule has 0 saturated heterocycles. The zero-order chi connectivity index (χ0) is 20.2. The van der Waals surface area contributed by atoms with Crippen LogP contribution in [0.5, 0.6) is 0 Å². The van der Waals surface area contributed by atoms with E-state index >= 15 is 0 Å². The fraction of sp³-hybridized carbons (Fsp3) is 0.0588. The van der Waals surface area contributed by atoms with E-state index in [4.69, 9.17) is 16.9 Å². The average Bonchev–Trinajstić information content (AvgIpc) is 2.60. The Morgan fingerprint density at radius 2 is 1.96 bits per heavy atom. The van der Waals surface area contributed by atoms with Gasteiger partial charge in [-0.15, -0.1) is 0 Å². The quantitative estimate of drug-likeness (QED) is 0.347. The van der Waals surface area contributed by atoms with Gasteiger partial charge in [0.05, 0.1) is 10.5 Å². The Morgan fingerprint density at radius 3 is 2.56 bits per heavy atom. The van der Waals surface area contributed by atoms with Crippen LogP contribution in [0.3, 0.4) is 0 Å². The van der Waals surface area contributed by atoms with Crippen molar-refractivity contribution in [2.24, 2.45) is 0 Å². The van der Waals surface area contributed by atoms with Gasteiger partial charge in [-0.3, -0.25) is 14.9 Å². The molecule has 10 heteroatoms. The highest BCUT2D eigenvalue weighted by Crippen LogP contribution is 2.30. The van der Waals surface area contributed by atoms with Crippen LogP contribution < -0.4 is 5.32 Å². The minimum Gasteiger partial charge on any atom is -0.321 e. The fourth-order valence-electron chi connectivity index (χ4n) is 2.05. The molecule has 0 unspecified atom stereocenters. The Hall–Kier alpha value is -3.38. The molecule has 2 aromatic rings. The van der Waals surface area contributed by atoms with Gasteiger partial charge < -0.3 is 5.32 Å². The second-order valence-corrected chi connectivity index (χ2v) is 5.58. The summed E-state index contributed by atoms with van der Waals surface area (Å²) in [4.78, 5) is 22.3. The molecular formula is C17H9ClF3N3O3. The van der Waals surface area contributed by atoms with Crippen LogP contribution in [-0.4, -0.2) is 10.8 Å². The summed E-state index contributed by atoms with van der Waals surface area (Å²) in [7, 11) is 0. The number of hydrogen-bond acceptors (Lipinski definition) is 4. The number of hydrogen-bond donors (Lipinski definition) is 1. The molecule has 0 fully saturated rings. The van der Waals surface area contributed by atoms with Crippen LogP contribution in [0.15, 0.2) is 48.0 Å². The van der Waals surface area contributed by atoms with E-state index in [9.17, 15) is 28.1 Å². The highest BCUT2D eigenvalue weighted by Gasteiger charge is 2.30. The normalized spacial score (nSPS) is 11.6. The molecule has 0 spiro atoms. The molecule has 2 rings (SSSR count). The smallest absolute Gasteiger partial charge is 0.321 e. The number of rotatable bonds is 4. The van der Waals surface area contributed by atoms with Crippen molar-refractivity contribution in [3.05, 3.63) is 74.3 Å². The van der Waals surface area contributed by atoms with Crippen molar-refractivity contribution in [2.75, 3.05) is 5.32 Å². The van der Waals surface area contributed by atoms with Crippen molar-refractivity contribution >= 4 is 35.0 Å². The summed E-state index contributed by atoms with van der Waals surface area (Å²) >= 11 is 5.67. The average molecular weight is 396 g/mol. The summed E-state index contributed by atoms with van der Waals surface area (Å²) < 4.78 is 38.2. The van der Waals surface area contributed by atoms with E-state index < -0.39 is 33.8 Å². The van der Waals surface area contributed by atoms with Crippen LogP contribution in [0.25, 0.3) is 6.08 Å². The molecule has 1 N–H and O–H groups in total. The van der Waals surface area contributed by atoms with E-state index in [0.717, 1.165) is 30.3 Å². The van der Waals surface area contributed by atoms with Crippen molar-refractivity contribution in [1.82, 2.24) is 0 Å². The maximum atomic E-state index is 12.7. The summed E-state index contributed by atoms with van der Waals surface area (Å²) in [6.45, 7) is 0. The molecule has 0 aliphatic carbocycles. The van der Waals surface area contributed by atoms with Crippen LogP contribution in [0.4, 0.5) is 24.5 Å². The van der Waals surface area contributed by atoms with E-state index in [2.05, 4.69) is 5.32 Å². The lowest BCUT2D eigenvalue weighted by molar-refractivity contribution is -0.384. The largest absolute Gasteiger partial charge is 0.416 e. The molecule has 0 aliphatic heterocycles. The summed E-state index contributed by atoms with van der Waals surface area (Å²) in [5, 5.41) is 22.1. The molecule has 138 valence electrons. The van der Waals surface area contributed by atoms with E-state index in [-0.39, 0.29) is 16.3 Å². The number of benzene rings is 2. The first-order valence-electron chi connectivity index (χ1n) is 7.16. The van der Waals surface area contributed by atoms with E-state index in [1.165, 1.54) is 18.2 Å². The lowest BCUT2D eigenvalue weighted by Crippen LogP contribution is -2.13. The first kappa shape index (κ1) is 19.9. The van der Waals surface area contributed by atoms with Gasteiger partial charge in [-0.2, -0.15) is 18.4 Å². The minimum atomic E-state index is -4.57. The Morgan fingerprint density at radius 1 is 1.26 bits per heavy atom. The number of anilines is 1. The minimum absolute atomic E-state index is 0.00120. The maximum Gasteiger partial charge on any atom is 0.416 e.